The van der Waals surface area contributed by atoms with Gasteiger partial charge in [0.15, 0.2) is 0 Å². The van der Waals surface area contributed by atoms with Gasteiger partial charge in [-0.05, 0) is 36.4 Å². The molecule has 3 rings (SSSR count). The van der Waals surface area contributed by atoms with E-state index in [-0.39, 0.29) is 11.0 Å². The fourth-order valence-electron chi connectivity index (χ4n) is 2.33. The Morgan fingerprint density at radius 3 is 2.50 bits per heavy atom. The minimum Gasteiger partial charge on any atom is -0.350 e. The number of rotatable bonds is 2. The van der Waals surface area contributed by atoms with E-state index in [1.807, 2.05) is 31.3 Å². The Balaban J connectivity index is 2.02. The van der Waals surface area contributed by atoms with Crippen molar-refractivity contribution in [2.75, 3.05) is 5.32 Å². The number of amides is 1. The zero-order valence-corrected chi connectivity index (χ0v) is 13.4. The summed E-state index contributed by atoms with van der Waals surface area (Å²) in [6, 6.07) is 14.4. The second-order valence-corrected chi connectivity index (χ2v) is 5.88. The zero-order chi connectivity index (χ0) is 15.7. The first kappa shape index (κ1) is 14.5. The van der Waals surface area contributed by atoms with Gasteiger partial charge in [-0.1, -0.05) is 28.1 Å². The van der Waals surface area contributed by atoms with E-state index in [0.29, 0.717) is 11.1 Å². The number of hydrogen-bond donors (Lipinski definition) is 1. The fourth-order valence-corrected chi connectivity index (χ4v) is 2.60. The second kappa shape index (κ2) is 5.77. The van der Waals surface area contributed by atoms with Crippen LogP contribution in [0.25, 0.3) is 10.9 Å². The lowest BCUT2D eigenvalue weighted by Gasteiger charge is -2.09. The summed E-state index contributed by atoms with van der Waals surface area (Å²) in [7, 11) is 1.82. The van der Waals surface area contributed by atoms with Gasteiger partial charge in [-0.3, -0.25) is 9.59 Å². The molecule has 0 radical (unpaired) electrons. The molecule has 1 N–H and O–H groups in total. The molecule has 0 fully saturated rings. The summed E-state index contributed by atoms with van der Waals surface area (Å²) in [5.41, 5.74) is 1.31. The number of para-hydroxylation sites is 1. The van der Waals surface area contributed by atoms with Crippen LogP contribution in [0.5, 0.6) is 0 Å². The third kappa shape index (κ3) is 2.67. The summed E-state index contributed by atoms with van der Waals surface area (Å²) in [5.74, 6) is -0.409. The Kier molecular flexibility index (Phi) is 3.81. The molecule has 0 aliphatic carbocycles. The monoisotopic (exact) mass is 356 g/mol. The first-order chi connectivity index (χ1) is 10.6. The van der Waals surface area contributed by atoms with Crippen molar-refractivity contribution in [3.05, 3.63) is 75.0 Å². The van der Waals surface area contributed by atoms with Crippen LogP contribution in [0.1, 0.15) is 10.4 Å². The normalized spacial score (nSPS) is 10.6. The summed E-state index contributed by atoms with van der Waals surface area (Å²) in [6.07, 6.45) is 1.57. The predicted octanol–water partition coefficient (Wildman–Crippen LogP) is 3.55. The maximum absolute atomic E-state index is 12.5. The van der Waals surface area contributed by atoms with Gasteiger partial charge in [0.1, 0.15) is 5.56 Å². The van der Waals surface area contributed by atoms with Gasteiger partial charge in [-0.15, -0.1) is 0 Å². The lowest BCUT2D eigenvalue weighted by molar-refractivity contribution is 0.102. The molecule has 0 aliphatic rings. The third-order valence-corrected chi connectivity index (χ3v) is 3.97. The van der Waals surface area contributed by atoms with E-state index >= 15 is 0 Å². The van der Waals surface area contributed by atoms with Gasteiger partial charge >= 0.3 is 0 Å². The number of hydrogen-bond acceptors (Lipinski definition) is 2. The molecule has 1 amide bonds. The van der Waals surface area contributed by atoms with Crippen LogP contribution in [0, 0.1) is 0 Å². The highest BCUT2D eigenvalue weighted by Gasteiger charge is 2.14. The molecule has 0 atom stereocenters. The van der Waals surface area contributed by atoms with E-state index in [1.54, 1.807) is 35.0 Å². The molecule has 1 aromatic heterocycles. The average Bonchev–Trinajstić information content (AvgIpc) is 2.53. The molecule has 4 nitrogen and oxygen atoms in total. The number of halogens is 1. The Bertz CT molecular complexity index is 914. The molecule has 110 valence electrons. The number of anilines is 1. The van der Waals surface area contributed by atoms with Gasteiger partial charge in [0.2, 0.25) is 5.43 Å². The van der Waals surface area contributed by atoms with E-state index in [2.05, 4.69) is 21.2 Å². The van der Waals surface area contributed by atoms with Crippen LogP contribution < -0.4 is 10.7 Å². The molecule has 0 unspecified atom stereocenters. The van der Waals surface area contributed by atoms with Gasteiger partial charge in [0.25, 0.3) is 5.91 Å². The van der Waals surface area contributed by atoms with E-state index in [0.717, 1.165) is 9.99 Å². The topological polar surface area (TPSA) is 51.1 Å². The van der Waals surface area contributed by atoms with E-state index < -0.39 is 5.91 Å². The molecule has 0 saturated heterocycles. The molecule has 0 saturated carbocycles. The van der Waals surface area contributed by atoms with Crippen LogP contribution in [0.3, 0.4) is 0 Å². The summed E-state index contributed by atoms with van der Waals surface area (Å²) in [5, 5.41) is 3.28. The van der Waals surface area contributed by atoms with Crippen molar-refractivity contribution >= 4 is 38.4 Å². The molecular formula is C17H13BrN2O2. The van der Waals surface area contributed by atoms with Crippen molar-refractivity contribution in [3.8, 4) is 0 Å². The number of nitrogens with zero attached hydrogens (tertiary/aromatic N) is 1. The molecule has 2 aromatic carbocycles. The highest BCUT2D eigenvalue weighted by atomic mass is 79.9. The molecular weight excluding hydrogens is 344 g/mol. The van der Waals surface area contributed by atoms with Crippen molar-refractivity contribution in [2.45, 2.75) is 0 Å². The zero-order valence-electron chi connectivity index (χ0n) is 11.8. The van der Waals surface area contributed by atoms with Crippen LogP contribution in [-0.4, -0.2) is 10.5 Å². The average molecular weight is 357 g/mol. The van der Waals surface area contributed by atoms with E-state index in [9.17, 15) is 9.59 Å². The number of carbonyl (C=O) groups is 1. The van der Waals surface area contributed by atoms with Crippen LogP contribution in [0.15, 0.2) is 64.0 Å². The van der Waals surface area contributed by atoms with Crippen molar-refractivity contribution in [2.24, 2.45) is 7.05 Å². The Morgan fingerprint density at radius 2 is 1.77 bits per heavy atom. The minimum absolute atomic E-state index is 0.129. The number of aromatic nitrogens is 1. The largest absolute Gasteiger partial charge is 0.350 e. The first-order valence-electron chi connectivity index (χ1n) is 6.71. The van der Waals surface area contributed by atoms with E-state index in [1.165, 1.54) is 0 Å². The summed E-state index contributed by atoms with van der Waals surface area (Å²) >= 11 is 3.34. The number of fused-ring (bicyclic) bond motifs is 1. The van der Waals surface area contributed by atoms with Crippen molar-refractivity contribution in [1.82, 2.24) is 4.57 Å². The van der Waals surface area contributed by atoms with Gasteiger partial charge in [0.05, 0.1) is 5.52 Å². The molecule has 3 aromatic rings. The van der Waals surface area contributed by atoms with Crippen molar-refractivity contribution in [1.29, 1.82) is 0 Å². The van der Waals surface area contributed by atoms with Crippen LogP contribution in [0.4, 0.5) is 5.69 Å². The van der Waals surface area contributed by atoms with Gasteiger partial charge in [-0.2, -0.15) is 0 Å². The highest BCUT2D eigenvalue weighted by Crippen LogP contribution is 2.15. The Labute approximate surface area is 135 Å². The molecule has 0 spiro atoms. The van der Waals surface area contributed by atoms with Crippen molar-refractivity contribution in [3.63, 3.8) is 0 Å². The SMILES string of the molecule is Cn1cc(C(=O)Nc2ccc(Br)cc2)c(=O)c2ccccc21. The molecule has 5 heteroatoms. The molecule has 0 aliphatic heterocycles. The van der Waals surface area contributed by atoms with Crippen molar-refractivity contribution < 1.29 is 4.79 Å². The number of carbonyl (C=O) groups excluding carboxylic acids is 1. The summed E-state index contributed by atoms with van der Waals surface area (Å²) < 4.78 is 2.71. The smallest absolute Gasteiger partial charge is 0.261 e. The van der Waals surface area contributed by atoms with Crippen LogP contribution in [0.2, 0.25) is 0 Å². The van der Waals surface area contributed by atoms with Gasteiger partial charge in [-0.25, -0.2) is 0 Å². The number of benzene rings is 2. The van der Waals surface area contributed by atoms with Gasteiger partial charge < -0.3 is 9.88 Å². The fraction of sp³-hybridized carbons (Fsp3) is 0.0588. The summed E-state index contributed by atoms with van der Waals surface area (Å²) in [4.78, 5) is 24.9. The van der Waals surface area contributed by atoms with Gasteiger partial charge in [0, 0.05) is 28.8 Å². The lowest BCUT2D eigenvalue weighted by atomic mass is 10.1. The minimum atomic E-state index is -0.409. The number of pyridine rings is 1. The quantitative estimate of drug-likeness (QED) is 0.763. The maximum Gasteiger partial charge on any atom is 0.261 e. The summed E-state index contributed by atoms with van der Waals surface area (Å²) in [6.45, 7) is 0. The number of nitrogens with one attached hydrogen (secondary N) is 1. The molecule has 1 heterocycles. The Hall–Kier alpha value is -2.40. The standard InChI is InChI=1S/C17H13BrN2O2/c1-20-10-14(16(21)13-4-2-3-5-15(13)20)17(22)19-12-8-6-11(18)7-9-12/h2-10H,1H3,(H,19,22). The highest BCUT2D eigenvalue weighted by molar-refractivity contribution is 9.10. The first-order valence-corrected chi connectivity index (χ1v) is 7.51. The predicted molar refractivity (Wildman–Crippen MR) is 91.3 cm³/mol. The molecule has 22 heavy (non-hydrogen) atoms. The van der Waals surface area contributed by atoms with E-state index in [4.69, 9.17) is 0 Å². The Morgan fingerprint density at radius 1 is 1.09 bits per heavy atom. The lowest BCUT2D eigenvalue weighted by Crippen LogP contribution is -2.23. The third-order valence-electron chi connectivity index (χ3n) is 3.44. The molecule has 0 bridgehead atoms. The van der Waals surface area contributed by atoms with Crippen LogP contribution in [-0.2, 0) is 7.05 Å². The second-order valence-electron chi connectivity index (χ2n) is 4.96. The number of aryl methyl sites for hydroxylation is 1. The van der Waals surface area contributed by atoms with Crippen LogP contribution >= 0.6 is 15.9 Å². The maximum atomic E-state index is 12.5.